The first-order chi connectivity index (χ1) is 13.1. The second-order valence-electron chi connectivity index (χ2n) is 6.01. The molecule has 0 unspecified atom stereocenters. The molecule has 1 N–H and O–H groups in total. The van der Waals surface area contributed by atoms with Crippen LogP contribution in [0, 0.1) is 6.92 Å². The molecule has 0 fully saturated rings. The Morgan fingerprint density at radius 3 is 2.41 bits per heavy atom. The monoisotopic (exact) mass is 446 g/mol. The molecule has 0 amide bonds. The van der Waals surface area contributed by atoms with E-state index in [1.807, 2.05) is 6.92 Å². The van der Waals surface area contributed by atoms with Crippen LogP contribution in [0.2, 0.25) is 5.02 Å². The number of nitrogens with one attached hydrogen (secondary N) is 1. The van der Waals surface area contributed by atoms with Gasteiger partial charge in [0.1, 0.15) is 0 Å². The number of sulfonamides is 1. The molecular weight excluding hydrogens is 427 g/mol. The summed E-state index contributed by atoms with van der Waals surface area (Å²) in [4.78, 5) is 11.5. The van der Waals surface area contributed by atoms with Crippen molar-refractivity contribution in [2.75, 3.05) is 24.6 Å². The molecule has 0 atom stereocenters. The molecule has 0 radical (unpaired) electrons. The van der Waals surface area contributed by atoms with Crippen LogP contribution in [0.15, 0.2) is 46.4 Å². The molecule has 2 rings (SSSR count). The predicted octanol–water partition coefficient (Wildman–Crippen LogP) is -0.895. The van der Waals surface area contributed by atoms with Gasteiger partial charge in [-0.25, -0.2) is 12.7 Å². The number of rotatable bonds is 7. The molecule has 0 saturated heterocycles. The Bertz CT molecular complexity index is 1030. The third kappa shape index (κ3) is 5.94. The van der Waals surface area contributed by atoms with Gasteiger partial charge in [0.05, 0.1) is 22.2 Å². The predicted molar refractivity (Wildman–Crippen MR) is 108 cm³/mol. The number of halogens is 1. The van der Waals surface area contributed by atoms with Crippen molar-refractivity contribution in [1.82, 2.24) is 4.31 Å². The number of hydrazone groups is 1. The van der Waals surface area contributed by atoms with Crippen LogP contribution < -0.4 is 45.2 Å². The minimum atomic E-state index is -3.81. The summed E-state index contributed by atoms with van der Waals surface area (Å²) in [6.45, 7) is 3.50. The summed E-state index contributed by atoms with van der Waals surface area (Å²) >= 11 is 6.03. The summed E-state index contributed by atoms with van der Waals surface area (Å²) < 4.78 is 25.6. The summed E-state index contributed by atoms with van der Waals surface area (Å²) in [6, 6.07) is 8.89. The topological polar surface area (TPSA) is 105 Å². The Labute approximate surface area is 197 Å². The van der Waals surface area contributed by atoms with Crippen molar-refractivity contribution in [1.29, 1.82) is 0 Å². The van der Waals surface area contributed by atoms with E-state index in [4.69, 9.17) is 11.6 Å². The van der Waals surface area contributed by atoms with Crippen LogP contribution in [0.1, 0.15) is 22.8 Å². The largest absolute Gasteiger partial charge is 1.00 e. The molecule has 0 bridgehead atoms. The Morgan fingerprint density at radius 1 is 1.21 bits per heavy atom. The van der Waals surface area contributed by atoms with Crippen LogP contribution in [0.3, 0.4) is 0 Å². The molecule has 150 valence electrons. The summed E-state index contributed by atoms with van der Waals surface area (Å²) in [5.41, 5.74) is 4.21. The number of aromatic carboxylic acids is 1. The van der Waals surface area contributed by atoms with Crippen molar-refractivity contribution in [3.8, 4) is 0 Å². The van der Waals surface area contributed by atoms with E-state index in [0.717, 1.165) is 15.9 Å². The van der Waals surface area contributed by atoms with E-state index in [0.29, 0.717) is 10.7 Å². The maximum absolute atomic E-state index is 12.3. The number of aryl methyl sites for hydroxylation is 1. The van der Waals surface area contributed by atoms with Gasteiger partial charge in [0.15, 0.2) is 0 Å². The zero-order valence-corrected chi connectivity index (χ0v) is 20.4. The number of benzene rings is 2. The van der Waals surface area contributed by atoms with E-state index in [-0.39, 0.29) is 45.7 Å². The minimum absolute atomic E-state index is 0. The number of nitrogens with zero attached hydrogens (tertiary/aromatic N) is 3. The Kier molecular flexibility index (Phi) is 9.13. The first-order valence-corrected chi connectivity index (χ1v) is 9.99. The van der Waals surface area contributed by atoms with Gasteiger partial charge < -0.3 is 9.90 Å². The third-order valence-corrected chi connectivity index (χ3v) is 5.90. The molecule has 0 aliphatic heterocycles. The second-order valence-corrected chi connectivity index (χ2v) is 8.60. The van der Waals surface area contributed by atoms with Gasteiger partial charge in [-0.15, -0.1) is 0 Å². The van der Waals surface area contributed by atoms with Gasteiger partial charge in [-0.3, -0.25) is 5.43 Å². The fourth-order valence-electron chi connectivity index (χ4n) is 2.33. The fraction of sp³-hybridized carbons (Fsp3) is 0.222. The van der Waals surface area contributed by atoms with Crippen molar-refractivity contribution in [3.63, 3.8) is 0 Å². The van der Waals surface area contributed by atoms with Gasteiger partial charge in [-0.1, -0.05) is 17.7 Å². The van der Waals surface area contributed by atoms with Crippen LogP contribution in [-0.2, 0) is 10.0 Å². The SMILES string of the molecule is C/C=N/N(Nc1cc(Cl)ccc1C)c1ccc(S(=O)(=O)N(C)C)cc1C(=O)[O-].[Na+]. The molecule has 2 aromatic rings. The van der Waals surface area contributed by atoms with Crippen molar-refractivity contribution in [3.05, 3.63) is 52.5 Å². The average Bonchev–Trinajstić information content (AvgIpc) is 2.63. The standard InChI is InChI=1S/C18H21ClN4O4S.Na/c1-5-20-23(21-16-10-13(19)7-6-12(16)2)17-9-8-14(11-15(17)18(24)25)28(26,27)22(3)4;/h5-11,21H,1-4H3,(H,24,25);/q;+1/p-1/b20-5+;. The van der Waals surface area contributed by atoms with Crippen molar-refractivity contribution < 1.29 is 47.9 Å². The van der Waals surface area contributed by atoms with Crippen LogP contribution in [-0.4, -0.2) is 39.0 Å². The Morgan fingerprint density at radius 2 is 1.86 bits per heavy atom. The second kappa shape index (κ2) is 10.4. The fourth-order valence-corrected chi connectivity index (χ4v) is 3.43. The molecule has 0 aliphatic carbocycles. The first-order valence-electron chi connectivity index (χ1n) is 8.17. The number of hydrogen-bond acceptors (Lipinski definition) is 7. The maximum atomic E-state index is 12.3. The van der Waals surface area contributed by atoms with Crippen molar-refractivity contribution >= 4 is 45.2 Å². The molecule has 2 aromatic carbocycles. The number of carbonyl (C=O) groups is 1. The zero-order chi connectivity index (χ0) is 21.1. The number of anilines is 2. The summed E-state index contributed by atoms with van der Waals surface area (Å²) in [7, 11) is -1.09. The molecule has 11 heteroatoms. The number of hydrogen-bond donors (Lipinski definition) is 1. The van der Waals surface area contributed by atoms with Crippen molar-refractivity contribution in [2.24, 2.45) is 5.10 Å². The molecule has 0 aliphatic rings. The number of hydrazine groups is 1. The van der Waals surface area contributed by atoms with Crippen LogP contribution in [0.5, 0.6) is 0 Å². The van der Waals surface area contributed by atoms with Crippen LogP contribution in [0.25, 0.3) is 0 Å². The van der Waals surface area contributed by atoms with Gasteiger partial charge in [-0.2, -0.15) is 10.2 Å². The van der Waals surface area contributed by atoms with E-state index < -0.39 is 16.0 Å². The summed E-state index contributed by atoms with van der Waals surface area (Å²) in [5, 5.41) is 17.5. The minimum Gasteiger partial charge on any atom is -0.545 e. The van der Waals surface area contributed by atoms with Gasteiger partial charge in [0, 0.05) is 30.9 Å². The summed E-state index contributed by atoms with van der Waals surface area (Å²) in [5.74, 6) is -1.54. The molecular formula is C18H20ClN4NaO4S. The third-order valence-electron chi connectivity index (χ3n) is 3.85. The van der Waals surface area contributed by atoms with E-state index in [1.54, 1.807) is 25.1 Å². The van der Waals surface area contributed by atoms with Gasteiger partial charge in [-0.05, 0) is 49.7 Å². The van der Waals surface area contributed by atoms with Crippen LogP contribution >= 0.6 is 11.6 Å². The van der Waals surface area contributed by atoms with Gasteiger partial charge in [0.25, 0.3) is 0 Å². The average molecular weight is 447 g/mol. The van der Waals surface area contributed by atoms with E-state index in [9.17, 15) is 18.3 Å². The molecule has 0 saturated carbocycles. The van der Waals surface area contributed by atoms with Crippen molar-refractivity contribution in [2.45, 2.75) is 18.7 Å². The normalized spacial score (nSPS) is 11.4. The quantitative estimate of drug-likeness (QED) is 0.336. The molecule has 0 spiro atoms. The number of carboxylic acids is 1. The van der Waals surface area contributed by atoms with E-state index in [1.165, 1.54) is 37.6 Å². The number of carboxylic acid groups (broad SMARTS) is 1. The molecule has 0 heterocycles. The molecule has 0 aromatic heterocycles. The zero-order valence-electron chi connectivity index (χ0n) is 16.8. The number of carbonyl (C=O) groups excluding carboxylic acids is 1. The van der Waals surface area contributed by atoms with E-state index >= 15 is 0 Å². The van der Waals surface area contributed by atoms with Crippen LogP contribution in [0.4, 0.5) is 11.4 Å². The van der Waals surface area contributed by atoms with E-state index in [2.05, 4.69) is 10.5 Å². The first kappa shape index (κ1) is 25.4. The smallest absolute Gasteiger partial charge is 0.545 e. The van der Waals surface area contributed by atoms with Gasteiger partial charge >= 0.3 is 29.6 Å². The summed E-state index contributed by atoms with van der Waals surface area (Å²) in [6.07, 6.45) is 1.45. The maximum Gasteiger partial charge on any atom is 1.00 e. The Balaban J connectivity index is 0.00000420. The van der Waals surface area contributed by atoms with Gasteiger partial charge in [0.2, 0.25) is 10.0 Å². The molecule has 8 nitrogen and oxygen atoms in total. The Hall–Kier alpha value is -1.62. The molecule has 29 heavy (non-hydrogen) atoms.